The Bertz CT molecular complexity index is 511. The lowest BCUT2D eigenvalue weighted by molar-refractivity contribution is -0.384. The van der Waals surface area contributed by atoms with Crippen LogP contribution >= 0.6 is 0 Å². The van der Waals surface area contributed by atoms with E-state index in [4.69, 9.17) is 0 Å². The molecule has 0 atom stereocenters. The fraction of sp³-hybridized carbons (Fsp3) is 0.250. The molecule has 0 fully saturated rings. The van der Waals surface area contributed by atoms with Gasteiger partial charge in [0.1, 0.15) is 5.69 Å². The molecule has 0 spiro atoms. The van der Waals surface area contributed by atoms with Crippen molar-refractivity contribution in [2.75, 3.05) is 11.9 Å². The second-order valence-electron chi connectivity index (χ2n) is 3.82. The van der Waals surface area contributed by atoms with Crippen LogP contribution in [-0.2, 0) is 6.54 Å². The Kier molecular flexibility index (Phi) is 3.90. The molecule has 1 heterocycles. The normalized spacial score (nSPS) is 10.2. The zero-order valence-corrected chi connectivity index (χ0v) is 9.82. The number of nitro groups is 1. The van der Waals surface area contributed by atoms with Crippen molar-refractivity contribution in [1.82, 2.24) is 9.78 Å². The summed E-state index contributed by atoms with van der Waals surface area (Å²) in [5.74, 6) is 0. The van der Waals surface area contributed by atoms with E-state index < -0.39 is 0 Å². The Morgan fingerprint density at radius 1 is 1.33 bits per heavy atom. The van der Waals surface area contributed by atoms with Gasteiger partial charge in [-0.25, -0.2) is 0 Å². The van der Waals surface area contributed by atoms with Crippen LogP contribution < -0.4 is 5.32 Å². The van der Waals surface area contributed by atoms with Crippen LogP contribution in [0.5, 0.6) is 0 Å². The van der Waals surface area contributed by atoms with E-state index in [1.165, 1.54) is 6.07 Å². The zero-order chi connectivity index (χ0) is 12.8. The Morgan fingerprint density at radius 2 is 2.17 bits per heavy atom. The number of para-hydroxylation sites is 2. The van der Waals surface area contributed by atoms with E-state index in [0.29, 0.717) is 12.2 Å². The number of hydrogen-bond donors (Lipinski definition) is 1. The highest BCUT2D eigenvalue weighted by atomic mass is 16.6. The average Bonchev–Trinajstić information content (AvgIpc) is 2.88. The van der Waals surface area contributed by atoms with E-state index in [1.807, 2.05) is 16.9 Å². The van der Waals surface area contributed by atoms with Gasteiger partial charge in [0.05, 0.1) is 4.92 Å². The standard InChI is InChI=1S/C12H14N4O2/c17-16(18)12-6-2-1-5-11(12)13-7-3-9-15-10-4-8-14-15/h1-2,4-6,8,10,13H,3,7,9H2. The van der Waals surface area contributed by atoms with Gasteiger partial charge >= 0.3 is 0 Å². The SMILES string of the molecule is O=[N+]([O-])c1ccccc1NCCCn1cccn1. The van der Waals surface area contributed by atoms with Crippen molar-refractivity contribution in [2.24, 2.45) is 0 Å². The summed E-state index contributed by atoms with van der Waals surface area (Å²) >= 11 is 0. The molecular weight excluding hydrogens is 232 g/mol. The van der Waals surface area contributed by atoms with Gasteiger partial charge in [-0.3, -0.25) is 14.8 Å². The van der Waals surface area contributed by atoms with Crippen molar-refractivity contribution in [2.45, 2.75) is 13.0 Å². The molecule has 0 aliphatic rings. The number of anilines is 1. The Morgan fingerprint density at radius 3 is 2.89 bits per heavy atom. The van der Waals surface area contributed by atoms with Crippen LogP contribution in [0.4, 0.5) is 11.4 Å². The van der Waals surface area contributed by atoms with Gasteiger partial charge in [0.2, 0.25) is 0 Å². The van der Waals surface area contributed by atoms with Crippen molar-refractivity contribution in [3.63, 3.8) is 0 Å². The minimum Gasteiger partial charge on any atom is -0.379 e. The number of nitro benzene ring substituents is 1. The van der Waals surface area contributed by atoms with E-state index in [9.17, 15) is 10.1 Å². The Labute approximate surface area is 104 Å². The first-order chi connectivity index (χ1) is 8.77. The number of aromatic nitrogens is 2. The van der Waals surface area contributed by atoms with E-state index in [2.05, 4.69) is 10.4 Å². The molecular formula is C12H14N4O2. The van der Waals surface area contributed by atoms with Crippen LogP contribution in [0.1, 0.15) is 6.42 Å². The van der Waals surface area contributed by atoms with Gasteiger partial charge in [-0.1, -0.05) is 12.1 Å². The lowest BCUT2D eigenvalue weighted by Crippen LogP contribution is -2.08. The number of hydrogen-bond acceptors (Lipinski definition) is 4. The molecule has 0 bridgehead atoms. The molecule has 0 aliphatic heterocycles. The first-order valence-corrected chi connectivity index (χ1v) is 5.72. The summed E-state index contributed by atoms with van der Waals surface area (Å²) in [5.41, 5.74) is 0.666. The summed E-state index contributed by atoms with van der Waals surface area (Å²) in [6.07, 6.45) is 4.48. The molecule has 6 heteroatoms. The van der Waals surface area contributed by atoms with Crippen molar-refractivity contribution in [1.29, 1.82) is 0 Å². The molecule has 1 aromatic heterocycles. The van der Waals surface area contributed by atoms with E-state index in [1.54, 1.807) is 24.4 Å². The van der Waals surface area contributed by atoms with Crippen LogP contribution in [0, 0.1) is 10.1 Å². The quantitative estimate of drug-likeness (QED) is 0.482. The molecule has 2 aromatic rings. The molecule has 0 aliphatic carbocycles. The summed E-state index contributed by atoms with van der Waals surface area (Å²) in [7, 11) is 0. The third-order valence-electron chi connectivity index (χ3n) is 2.54. The number of aryl methyl sites for hydroxylation is 1. The van der Waals surface area contributed by atoms with Crippen LogP contribution in [-0.4, -0.2) is 21.2 Å². The molecule has 0 amide bonds. The summed E-state index contributed by atoms with van der Waals surface area (Å²) in [4.78, 5) is 10.4. The minimum atomic E-state index is -0.379. The predicted molar refractivity (Wildman–Crippen MR) is 68.4 cm³/mol. The third kappa shape index (κ3) is 3.07. The smallest absolute Gasteiger partial charge is 0.292 e. The van der Waals surface area contributed by atoms with Crippen LogP contribution in [0.2, 0.25) is 0 Å². The van der Waals surface area contributed by atoms with Crippen LogP contribution in [0.15, 0.2) is 42.7 Å². The van der Waals surface area contributed by atoms with Crippen LogP contribution in [0.3, 0.4) is 0 Å². The molecule has 1 N–H and O–H groups in total. The largest absolute Gasteiger partial charge is 0.379 e. The van der Waals surface area contributed by atoms with Gasteiger partial charge in [-0.15, -0.1) is 0 Å². The summed E-state index contributed by atoms with van der Waals surface area (Å²) in [6, 6.07) is 8.52. The molecule has 0 saturated heterocycles. The van der Waals surface area contributed by atoms with Crippen molar-refractivity contribution < 1.29 is 4.92 Å². The molecule has 6 nitrogen and oxygen atoms in total. The van der Waals surface area contributed by atoms with Crippen molar-refractivity contribution in [3.05, 3.63) is 52.8 Å². The molecule has 0 saturated carbocycles. The third-order valence-corrected chi connectivity index (χ3v) is 2.54. The van der Waals surface area contributed by atoms with E-state index in [0.717, 1.165) is 13.0 Å². The van der Waals surface area contributed by atoms with Gasteiger partial charge in [-0.05, 0) is 18.6 Å². The molecule has 1 aromatic carbocycles. The van der Waals surface area contributed by atoms with Crippen molar-refractivity contribution >= 4 is 11.4 Å². The maximum absolute atomic E-state index is 10.8. The molecule has 2 rings (SSSR count). The number of nitrogens with one attached hydrogen (secondary N) is 1. The minimum absolute atomic E-state index is 0.108. The van der Waals surface area contributed by atoms with Crippen LogP contribution in [0.25, 0.3) is 0 Å². The monoisotopic (exact) mass is 246 g/mol. The molecule has 94 valence electrons. The first-order valence-electron chi connectivity index (χ1n) is 5.72. The van der Waals surface area contributed by atoms with Gasteiger partial charge in [0.15, 0.2) is 0 Å². The zero-order valence-electron chi connectivity index (χ0n) is 9.82. The highest BCUT2D eigenvalue weighted by molar-refractivity contribution is 5.60. The highest BCUT2D eigenvalue weighted by Gasteiger charge is 2.10. The Balaban J connectivity index is 1.85. The fourth-order valence-corrected chi connectivity index (χ4v) is 1.68. The van der Waals surface area contributed by atoms with Gasteiger partial charge in [0, 0.05) is 31.5 Å². The number of rotatable bonds is 6. The second-order valence-corrected chi connectivity index (χ2v) is 3.82. The number of benzene rings is 1. The highest BCUT2D eigenvalue weighted by Crippen LogP contribution is 2.22. The molecule has 18 heavy (non-hydrogen) atoms. The maximum atomic E-state index is 10.8. The average molecular weight is 246 g/mol. The van der Waals surface area contributed by atoms with Gasteiger partial charge < -0.3 is 5.32 Å². The summed E-state index contributed by atoms with van der Waals surface area (Å²) in [6.45, 7) is 1.46. The lowest BCUT2D eigenvalue weighted by Gasteiger charge is -2.06. The topological polar surface area (TPSA) is 73.0 Å². The van der Waals surface area contributed by atoms with Gasteiger partial charge in [0.25, 0.3) is 5.69 Å². The molecule has 0 unspecified atom stereocenters. The predicted octanol–water partition coefficient (Wildman–Crippen LogP) is 2.29. The second kappa shape index (κ2) is 5.81. The van der Waals surface area contributed by atoms with Crippen molar-refractivity contribution in [3.8, 4) is 0 Å². The van der Waals surface area contributed by atoms with E-state index >= 15 is 0 Å². The number of nitrogens with zero attached hydrogens (tertiary/aromatic N) is 3. The lowest BCUT2D eigenvalue weighted by atomic mass is 10.2. The van der Waals surface area contributed by atoms with E-state index in [-0.39, 0.29) is 10.6 Å². The summed E-state index contributed by atoms with van der Waals surface area (Å²) < 4.78 is 1.83. The maximum Gasteiger partial charge on any atom is 0.292 e. The Hall–Kier alpha value is -2.37. The fourth-order valence-electron chi connectivity index (χ4n) is 1.68. The first kappa shape index (κ1) is 12.1. The van der Waals surface area contributed by atoms with Gasteiger partial charge in [-0.2, -0.15) is 5.10 Å². The summed E-state index contributed by atoms with van der Waals surface area (Å²) in [5, 5.41) is 18.0. The molecule has 0 radical (unpaired) electrons.